The molecule has 1 aromatic rings. The third-order valence-electron chi connectivity index (χ3n) is 2.68. The maximum atomic E-state index is 12.5. The second-order valence-electron chi connectivity index (χ2n) is 4.26. The highest BCUT2D eigenvalue weighted by molar-refractivity contribution is 5.77. The minimum Gasteiger partial charge on any atom is -0.480 e. The zero-order valence-electron chi connectivity index (χ0n) is 10.5. The molecule has 1 unspecified atom stereocenters. The van der Waals surface area contributed by atoms with Gasteiger partial charge in [0.15, 0.2) is 0 Å². The van der Waals surface area contributed by atoms with Crippen LogP contribution in [0.2, 0.25) is 0 Å². The fourth-order valence-electron chi connectivity index (χ4n) is 1.65. The lowest BCUT2D eigenvalue weighted by Gasteiger charge is -2.16. The molecular formula is C13H16F3NO2. The number of nitrogens with one attached hydrogen (secondary N) is 1. The summed E-state index contributed by atoms with van der Waals surface area (Å²) in [4.78, 5) is 11.0. The van der Waals surface area contributed by atoms with Crippen LogP contribution < -0.4 is 5.32 Å². The van der Waals surface area contributed by atoms with Gasteiger partial charge in [-0.05, 0) is 24.6 Å². The molecule has 2 N–H and O–H groups in total. The number of alkyl halides is 3. The first-order valence-corrected chi connectivity index (χ1v) is 6.01. The van der Waals surface area contributed by atoms with E-state index in [1.165, 1.54) is 12.1 Å². The SMILES string of the molecule is CCCCC(Nc1cccc(C(F)(F)F)c1)C(=O)O. The predicted molar refractivity (Wildman–Crippen MR) is 66.0 cm³/mol. The maximum Gasteiger partial charge on any atom is 0.416 e. The molecule has 1 aromatic carbocycles. The molecule has 0 aromatic heterocycles. The molecule has 6 heteroatoms. The van der Waals surface area contributed by atoms with Gasteiger partial charge in [-0.25, -0.2) is 4.79 Å². The first kappa shape index (κ1) is 15.3. The zero-order valence-corrected chi connectivity index (χ0v) is 10.5. The van der Waals surface area contributed by atoms with Crippen molar-refractivity contribution in [1.82, 2.24) is 0 Å². The van der Waals surface area contributed by atoms with E-state index in [1.54, 1.807) is 0 Å². The summed E-state index contributed by atoms with van der Waals surface area (Å²) in [6, 6.07) is 3.68. The number of hydrogen-bond donors (Lipinski definition) is 2. The average molecular weight is 275 g/mol. The van der Waals surface area contributed by atoms with Crippen LogP contribution in [0.15, 0.2) is 24.3 Å². The van der Waals surface area contributed by atoms with Crippen LogP contribution in [0.5, 0.6) is 0 Å². The molecule has 1 rings (SSSR count). The van der Waals surface area contributed by atoms with E-state index in [-0.39, 0.29) is 5.69 Å². The molecule has 0 bridgehead atoms. The number of unbranched alkanes of at least 4 members (excludes halogenated alkanes) is 1. The topological polar surface area (TPSA) is 49.3 Å². The maximum absolute atomic E-state index is 12.5. The van der Waals surface area contributed by atoms with Crippen molar-refractivity contribution < 1.29 is 23.1 Å². The smallest absolute Gasteiger partial charge is 0.416 e. The van der Waals surface area contributed by atoms with E-state index in [9.17, 15) is 18.0 Å². The minimum atomic E-state index is -4.43. The normalized spacial score (nSPS) is 13.1. The summed E-state index contributed by atoms with van der Waals surface area (Å²) in [5.74, 6) is -1.06. The molecule has 106 valence electrons. The van der Waals surface area contributed by atoms with Crippen LogP contribution in [-0.4, -0.2) is 17.1 Å². The van der Waals surface area contributed by atoms with E-state index >= 15 is 0 Å². The van der Waals surface area contributed by atoms with Crippen molar-refractivity contribution >= 4 is 11.7 Å². The van der Waals surface area contributed by atoms with Crippen LogP contribution in [0.1, 0.15) is 31.7 Å². The van der Waals surface area contributed by atoms with E-state index < -0.39 is 23.8 Å². The lowest BCUT2D eigenvalue weighted by Crippen LogP contribution is -2.29. The average Bonchev–Trinajstić information content (AvgIpc) is 2.33. The molecule has 3 nitrogen and oxygen atoms in total. The van der Waals surface area contributed by atoms with Crippen molar-refractivity contribution in [3.05, 3.63) is 29.8 Å². The van der Waals surface area contributed by atoms with Gasteiger partial charge in [0.05, 0.1) is 5.56 Å². The third-order valence-corrected chi connectivity index (χ3v) is 2.68. The van der Waals surface area contributed by atoms with E-state index in [0.717, 1.165) is 18.6 Å². The Balaban J connectivity index is 2.82. The fraction of sp³-hybridized carbons (Fsp3) is 0.462. The Morgan fingerprint density at radius 3 is 2.63 bits per heavy atom. The number of rotatable bonds is 6. The number of aliphatic carboxylic acids is 1. The van der Waals surface area contributed by atoms with Crippen LogP contribution in [0.25, 0.3) is 0 Å². The molecule has 1 atom stereocenters. The van der Waals surface area contributed by atoms with Crippen LogP contribution in [0, 0.1) is 0 Å². The second kappa shape index (κ2) is 6.45. The van der Waals surface area contributed by atoms with Gasteiger partial charge in [0.1, 0.15) is 6.04 Å². The Kier molecular flexibility index (Phi) is 5.20. The highest BCUT2D eigenvalue weighted by atomic mass is 19.4. The van der Waals surface area contributed by atoms with Gasteiger partial charge in [-0.2, -0.15) is 13.2 Å². The predicted octanol–water partition coefficient (Wildman–Crippen LogP) is 3.76. The summed E-state index contributed by atoms with van der Waals surface area (Å²) in [6.07, 6.45) is -2.53. The van der Waals surface area contributed by atoms with E-state index in [1.807, 2.05) is 6.92 Å². The largest absolute Gasteiger partial charge is 0.480 e. The molecular weight excluding hydrogens is 259 g/mol. The molecule has 0 saturated carbocycles. The number of carbonyl (C=O) groups is 1. The molecule has 0 amide bonds. The molecule has 0 aliphatic heterocycles. The van der Waals surface area contributed by atoms with Crippen molar-refractivity contribution in [1.29, 1.82) is 0 Å². The highest BCUT2D eigenvalue weighted by Gasteiger charge is 2.30. The Hall–Kier alpha value is -1.72. The van der Waals surface area contributed by atoms with Crippen LogP contribution in [0.3, 0.4) is 0 Å². The summed E-state index contributed by atoms with van der Waals surface area (Å²) in [5.41, 5.74) is -0.629. The molecule has 0 aliphatic carbocycles. The van der Waals surface area contributed by atoms with Gasteiger partial charge in [-0.1, -0.05) is 25.8 Å². The van der Waals surface area contributed by atoms with Gasteiger partial charge < -0.3 is 10.4 Å². The zero-order chi connectivity index (χ0) is 14.5. The fourth-order valence-corrected chi connectivity index (χ4v) is 1.65. The molecule has 0 heterocycles. The van der Waals surface area contributed by atoms with Gasteiger partial charge in [-0.15, -0.1) is 0 Å². The van der Waals surface area contributed by atoms with E-state index in [4.69, 9.17) is 5.11 Å². The number of anilines is 1. The molecule has 19 heavy (non-hydrogen) atoms. The van der Waals surface area contributed by atoms with Crippen molar-refractivity contribution in [3.8, 4) is 0 Å². The summed E-state index contributed by atoms with van der Waals surface area (Å²) in [6.45, 7) is 1.92. The van der Waals surface area contributed by atoms with Gasteiger partial charge in [0.25, 0.3) is 0 Å². The monoisotopic (exact) mass is 275 g/mol. The number of hydrogen-bond acceptors (Lipinski definition) is 2. The quantitative estimate of drug-likeness (QED) is 0.831. The first-order valence-electron chi connectivity index (χ1n) is 6.01. The number of benzene rings is 1. The molecule has 0 spiro atoms. The Morgan fingerprint density at radius 2 is 2.11 bits per heavy atom. The third kappa shape index (κ3) is 4.81. The number of halogens is 3. The lowest BCUT2D eigenvalue weighted by molar-refractivity contribution is -0.138. The van der Waals surface area contributed by atoms with Crippen molar-refractivity contribution in [2.24, 2.45) is 0 Å². The summed E-state index contributed by atoms with van der Waals surface area (Å²) in [5, 5.41) is 11.6. The van der Waals surface area contributed by atoms with Gasteiger partial charge in [-0.3, -0.25) is 0 Å². The summed E-state index contributed by atoms with van der Waals surface area (Å²) >= 11 is 0. The van der Waals surface area contributed by atoms with Crippen molar-refractivity contribution in [2.45, 2.75) is 38.4 Å². The van der Waals surface area contributed by atoms with Crippen molar-refractivity contribution in [2.75, 3.05) is 5.32 Å². The summed E-state index contributed by atoms with van der Waals surface area (Å²) in [7, 11) is 0. The molecule has 0 aliphatic rings. The number of carboxylic acid groups (broad SMARTS) is 1. The van der Waals surface area contributed by atoms with Crippen LogP contribution >= 0.6 is 0 Å². The van der Waals surface area contributed by atoms with Crippen molar-refractivity contribution in [3.63, 3.8) is 0 Å². The van der Waals surface area contributed by atoms with E-state index in [2.05, 4.69) is 5.32 Å². The van der Waals surface area contributed by atoms with Crippen LogP contribution in [-0.2, 0) is 11.0 Å². The van der Waals surface area contributed by atoms with Gasteiger partial charge in [0, 0.05) is 5.69 Å². The first-order chi connectivity index (χ1) is 8.84. The van der Waals surface area contributed by atoms with Gasteiger partial charge in [0.2, 0.25) is 0 Å². The molecule has 0 fully saturated rings. The molecule has 0 saturated heterocycles. The van der Waals surface area contributed by atoms with Crippen LogP contribution in [0.4, 0.5) is 18.9 Å². The lowest BCUT2D eigenvalue weighted by atomic mass is 10.1. The Bertz CT molecular complexity index is 432. The molecule has 0 radical (unpaired) electrons. The second-order valence-corrected chi connectivity index (χ2v) is 4.26. The Morgan fingerprint density at radius 1 is 1.42 bits per heavy atom. The Labute approximate surface area is 109 Å². The van der Waals surface area contributed by atoms with Gasteiger partial charge >= 0.3 is 12.1 Å². The van der Waals surface area contributed by atoms with E-state index in [0.29, 0.717) is 12.8 Å². The number of carboxylic acids is 1. The standard InChI is InChI=1S/C13H16F3NO2/c1-2-3-7-11(12(18)19)17-10-6-4-5-9(8-10)13(14,15)16/h4-6,8,11,17H,2-3,7H2,1H3,(H,18,19). The minimum absolute atomic E-state index is 0.165. The summed E-state index contributed by atoms with van der Waals surface area (Å²) < 4.78 is 37.6. The highest BCUT2D eigenvalue weighted by Crippen LogP contribution is 2.30.